The molecule has 1 atom stereocenters. The molecule has 0 amide bonds. The van der Waals surface area contributed by atoms with Crippen LogP contribution in [0.4, 0.5) is 5.95 Å². The SMILES string of the molecule is Nc1nc2c(ncn2O[C@@H](CO)C2CC2)c(=O)[nH]1. The average Bonchev–Trinajstić information content (AvgIpc) is 3.09. The second kappa shape index (κ2) is 3.98. The van der Waals surface area contributed by atoms with Crippen LogP contribution in [0.1, 0.15) is 12.8 Å². The van der Waals surface area contributed by atoms with Crippen molar-refractivity contribution < 1.29 is 9.94 Å². The average molecular weight is 251 g/mol. The maximum Gasteiger partial charge on any atom is 0.280 e. The van der Waals surface area contributed by atoms with Crippen molar-refractivity contribution >= 4 is 17.1 Å². The first-order valence-corrected chi connectivity index (χ1v) is 5.70. The van der Waals surface area contributed by atoms with E-state index in [4.69, 9.17) is 10.6 Å². The van der Waals surface area contributed by atoms with Crippen LogP contribution in [0.3, 0.4) is 0 Å². The molecule has 0 aliphatic heterocycles. The van der Waals surface area contributed by atoms with Crippen molar-refractivity contribution in [3.8, 4) is 0 Å². The Morgan fingerprint density at radius 2 is 2.44 bits per heavy atom. The third kappa shape index (κ3) is 1.80. The number of aliphatic hydroxyl groups excluding tert-OH is 1. The Bertz CT molecular complexity index is 630. The van der Waals surface area contributed by atoms with Crippen LogP contribution in [0, 0.1) is 5.92 Å². The van der Waals surface area contributed by atoms with E-state index < -0.39 is 5.56 Å². The van der Waals surface area contributed by atoms with Gasteiger partial charge in [0.25, 0.3) is 5.56 Å². The van der Waals surface area contributed by atoms with Gasteiger partial charge in [-0.1, -0.05) is 0 Å². The highest BCUT2D eigenvalue weighted by Crippen LogP contribution is 2.33. The van der Waals surface area contributed by atoms with E-state index >= 15 is 0 Å². The lowest BCUT2D eigenvalue weighted by molar-refractivity contribution is -0.00631. The van der Waals surface area contributed by atoms with Gasteiger partial charge in [0, 0.05) is 5.92 Å². The van der Waals surface area contributed by atoms with Gasteiger partial charge < -0.3 is 15.7 Å². The molecule has 4 N–H and O–H groups in total. The fraction of sp³-hybridized carbons (Fsp3) is 0.500. The van der Waals surface area contributed by atoms with Crippen LogP contribution in [0.25, 0.3) is 11.2 Å². The van der Waals surface area contributed by atoms with E-state index in [1.165, 1.54) is 11.1 Å². The molecule has 8 nitrogen and oxygen atoms in total. The predicted octanol–water partition coefficient (Wildman–Crippen LogP) is -1.10. The summed E-state index contributed by atoms with van der Waals surface area (Å²) in [6.45, 7) is -0.0803. The Kier molecular flexibility index (Phi) is 2.44. The molecule has 1 saturated carbocycles. The van der Waals surface area contributed by atoms with Crippen LogP contribution in [0.5, 0.6) is 0 Å². The van der Waals surface area contributed by atoms with E-state index in [1.54, 1.807) is 0 Å². The Balaban J connectivity index is 1.99. The van der Waals surface area contributed by atoms with Gasteiger partial charge in [-0.15, -0.1) is 0 Å². The Morgan fingerprint density at radius 1 is 1.67 bits per heavy atom. The van der Waals surface area contributed by atoms with Crippen LogP contribution < -0.4 is 16.1 Å². The number of fused-ring (bicyclic) bond motifs is 1. The molecule has 2 heterocycles. The van der Waals surface area contributed by atoms with Gasteiger partial charge in [0.2, 0.25) is 11.6 Å². The van der Waals surface area contributed by atoms with Crippen LogP contribution >= 0.6 is 0 Å². The third-order valence-electron chi connectivity index (χ3n) is 2.97. The fourth-order valence-corrected chi connectivity index (χ4v) is 1.87. The van der Waals surface area contributed by atoms with E-state index in [0.717, 1.165) is 12.8 Å². The van der Waals surface area contributed by atoms with E-state index in [0.29, 0.717) is 5.92 Å². The highest BCUT2D eigenvalue weighted by molar-refractivity contribution is 5.69. The molecule has 96 valence electrons. The van der Waals surface area contributed by atoms with Gasteiger partial charge in [0.15, 0.2) is 11.6 Å². The van der Waals surface area contributed by atoms with Crippen LogP contribution in [0.2, 0.25) is 0 Å². The summed E-state index contributed by atoms with van der Waals surface area (Å²) in [6, 6.07) is 0. The standard InChI is InChI=1S/C10H13N5O3/c11-10-13-8-7(9(17)14-10)12-4-15(8)18-6(3-16)5-1-2-5/h4-6,16H,1-3H2,(H3,11,13,14,17)/t6-/m0/s1. The molecule has 0 radical (unpaired) electrons. The molecule has 0 aromatic carbocycles. The maximum atomic E-state index is 11.6. The Morgan fingerprint density at radius 3 is 3.11 bits per heavy atom. The molecule has 1 aliphatic carbocycles. The summed E-state index contributed by atoms with van der Waals surface area (Å²) in [7, 11) is 0. The number of aliphatic hydroxyl groups is 1. The first-order valence-electron chi connectivity index (χ1n) is 5.70. The fourth-order valence-electron chi connectivity index (χ4n) is 1.87. The van der Waals surface area contributed by atoms with Gasteiger partial charge in [-0.3, -0.25) is 9.78 Å². The number of nitrogens with two attached hydrogens (primary N) is 1. The summed E-state index contributed by atoms with van der Waals surface area (Å²) in [5.41, 5.74) is 5.49. The summed E-state index contributed by atoms with van der Waals surface area (Å²) in [5.74, 6) is 0.358. The van der Waals surface area contributed by atoms with Crippen molar-refractivity contribution in [3.63, 3.8) is 0 Å². The molecule has 0 spiro atoms. The second-order valence-electron chi connectivity index (χ2n) is 4.36. The van der Waals surface area contributed by atoms with Gasteiger partial charge in [-0.25, -0.2) is 4.98 Å². The minimum absolute atomic E-state index is 0.00446. The second-order valence-corrected chi connectivity index (χ2v) is 4.36. The van der Waals surface area contributed by atoms with Gasteiger partial charge in [0.1, 0.15) is 6.33 Å². The number of hydrogen-bond acceptors (Lipinski definition) is 6. The van der Waals surface area contributed by atoms with E-state index in [1.807, 2.05) is 0 Å². The summed E-state index contributed by atoms with van der Waals surface area (Å²) in [4.78, 5) is 27.4. The van der Waals surface area contributed by atoms with Crippen molar-refractivity contribution in [3.05, 3.63) is 16.7 Å². The predicted molar refractivity (Wildman–Crippen MR) is 62.7 cm³/mol. The third-order valence-corrected chi connectivity index (χ3v) is 2.97. The molecule has 0 bridgehead atoms. The summed E-state index contributed by atoms with van der Waals surface area (Å²) in [5, 5.41) is 9.24. The number of aromatic amines is 1. The number of H-pyrrole nitrogens is 1. The molecule has 0 saturated heterocycles. The monoisotopic (exact) mass is 251 g/mol. The quantitative estimate of drug-likeness (QED) is 0.634. The number of nitrogen functional groups attached to an aromatic ring is 1. The highest BCUT2D eigenvalue weighted by atomic mass is 16.7. The highest BCUT2D eigenvalue weighted by Gasteiger charge is 2.33. The zero-order valence-electron chi connectivity index (χ0n) is 9.54. The van der Waals surface area contributed by atoms with E-state index in [-0.39, 0.29) is 29.8 Å². The molecule has 1 aliphatic rings. The summed E-state index contributed by atoms with van der Waals surface area (Å²) < 4.78 is 1.29. The zero-order valence-corrected chi connectivity index (χ0v) is 9.54. The van der Waals surface area contributed by atoms with Crippen molar-refractivity contribution in [2.75, 3.05) is 12.3 Å². The van der Waals surface area contributed by atoms with Gasteiger partial charge in [0.05, 0.1) is 6.61 Å². The lowest BCUT2D eigenvalue weighted by Crippen LogP contribution is -2.30. The molecule has 3 rings (SSSR count). The molecule has 2 aromatic rings. The van der Waals surface area contributed by atoms with Crippen molar-refractivity contribution in [1.82, 2.24) is 19.7 Å². The topological polar surface area (TPSA) is 119 Å². The van der Waals surface area contributed by atoms with Crippen molar-refractivity contribution in [2.45, 2.75) is 18.9 Å². The number of imidazole rings is 1. The minimum atomic E-state index is -0.410. The first kappa shape index (κ1) is 11.0. The summed E-state index contributed by atoms with van der Waals surface area (Å²) >= 11 is 0. The lowest BCUT2D eigenvalue weighted by Gasteiger charge is -2.15. The number of aromatic nitrogens is 4. The minimum Gasteiger partial charge on any atom is -0.405 e. The molecule has 2 aromatic heterocycles. The molecule has 18 heavy (non-hydrogen) atoms. The number of rotatable bonds is 4. The summed E-state index contributed by atoms with van der Waals surface area (Å²) in [6.07, 6.45) is 3.13. The number of anilines is 1. The lowest BCUT2D eigenvalue weighted by atomic mass is 10.2. The number of nitrogens with one attached hydrogen (secondary N) is 1. The Labute approximate surface area is 101 Å². The zero-order chi connectivity index (χ0) is 12.7. The Hall–Kier alpha value is -2.09. The van der Waals surface area contributed by atoms with Gasteiger partial charge in [-0.2, -0.15) is 9.71 Å². The normalized spacial score (nSPS) is 16.9. The maximum absolute atomic E-state index is 11.6. The molecular weight excluding hydrogens is 238 g/mol. The smallest absolute Gasteiger partial charge is 0.280 e. The largest absolute Gasteiger partial charge is 0.405 e. The van der Waals surface area contributed by atoms with Crippen LogP contribution in [0.15, 0.2) is 11.1 Å². The van der Waals surface area contributed by atoms with Crippen molar-refractivity contribution in [1.29, 1.82) is 0 Å². The first-order chi connectivity index (χ1) is 8.69. The molecule has 1 fully saturated rings. The van der Waals surface area contributed by atoms with E-state index in [2.05, 4.69) is 15.0 Å². The molecule has 8 heteroatoms. The van der Waals surface area contributed by atoms with Crippen LogP contribution in [-0.2, 0) is 0 Å². The van der Waals surface area contributed by atoms with Crippen molar-refractivity contribution in [2.24, 2.45) is 5.92 Å². The van der Waals surface area contributed by atoms with Gasteiger partial charge in [-0.05, 0) is 12.8 Å². The number of nitrogens with zero attached hydrogens (tertiary/aromatic N) is 3. The van der Waals surface area contributed by atoms with Crippen LogP contribution in [-0.4, -0.2) is 37.5 Å². The van der Waals surface area contributed by atoms with E-state index in [9.17, 15) is 9.90 Å². The molecular formula is C10H13N5O3. The number of hydrogen-bond donors (Lipinski definition) is 3. The molecule has 0 unspecified atom stereocenters. The van der Waals surface area contributed by atoms with Gasteiger partial charge >= 0.3 is 0 Å².